The summed E-state index contributed by atoms with van der Waals surface area (Å²) in [7, 11) is -0.347. The summed E-state index contributed by atoms with van der Waals surface area (Å²) in [4.78, 5) is 11.1. The van der Waals surface area contributed by atoms with E-state index in [0.29, 0.717) is 0 Å². The summed E-state index contributed by atoms with van der Waals surface area (Å²) >= 11 is 0. The topological polar surface area (TPSA) is 47.6 Å². The highest BCUT2D eigenvalue weighted by Crippen LogP contribution is 2.36. The molecule has 1 aromatic carbocycles. The van der Waals surface area contributed by atoms with Crippen molar-refractivity contribution in [2.75, 3.05) is 0 Å². The molecular weight excluding hydrogens is 265 g/mol. The number of benzene rings is 1. The number of carbonyl (C=O) groups is 1. The van der Waals surface area contributed by atoms with E-state index in [2.05, 4.69) is 5.32 Å². The van der Waals surface area contributed by atoms with E-state index in [4.69, 9.17) is 9.31 Å². The zero-order chi connectivity index (χ0) is 15.8. The SMILES string of the molecule is CC(=O)N[C@@H](C)c1ccc(B2OC(C)(C)C(C)(C)O2)cc1. The monoisotopic (exact) mass is 289 g/mol. The molecule has 0 aromatic heterocycles. The number of amides is 1. The lowest BCUT2D eigenvalue weighted by Crippen LogP contribution is -2.41. The maximum Gasteiger partial charge on any atom is 0.494 e. The number of hydrogen-bond acceptors (Lipinski definition) is 3. The third kappa shape index (κ3) is 3.30. The van der Waals surface area contributed by atoms with E-state index in [1.165, 1.54) is 6.92 Å². The second-order valence-electron chi connectivity index (χ2n) is 6.68. The molecule has 21 heavy (non-hydrogen) atoms. The molecule has 1 atom stereocenters. The summed E-state index contributed by atoms with van der Waals surface area (Å²) in [5.41, 5.74) is 1.39. The normalized spacial score (nSPS) is 21.1. The first-order chi connectivity index (χ1) is 9.62. The van der Waals surface area contributed by atoms with Crippen LogP contribution in [0, 0.1) is 0 Å². The van der Waals surface area contributed by atoms with Gasteiger partial charge in [0.1, 0.15) is 0 Å². The molecule has 114 valence electrons. The van der Waals surface area contributed by atoms with Gasteiger partial charge in [0.05, 0.1) is 17.2 Å². The first-order valence-corrected chi connectivity index (χ1v) is 7.35. The highest BCUT2D eigenvalue weighted by atomic mass is 16.7. The van der Waals surface area contributed by atoms with E-state index in [0.717, 1.165) is 11.0 Å². The van der Waals surface area contributed by atoms with Gasteiger partial charge in [-0.05, 0) is 45.6 Å². The number of rotatable bonds is 3. The molecule has 1 saturated heterocycles. The van der Waals surface area contributed by atoms with Gasteiger partial charge in [-0.2, -0.15) is 0 Å². The minimum atomic E-state index is -0.347. The lowest BCUT2D eigenvalue weighted by molar-refractivity contribution is -0.119. The maximum atomic E-state index is 11.1. The summed E-state index contributed by atoms with van der Waals surface area (Å²) in [5, 5.41) is 2.87. The number of nitrogens with one attached hydrogen (secondary N) is 1. The quantitative estimate of drug-likeness (QED) is 0.868. The smallest absolute Gasteiger partial charge is 0.399 e. The molecule has 1 heterocycles. The van der Waals surface area contributed by atoms with Crippen LogP contribution >= 0.6 is 0 Å². The van der Waals surface area contributed by atoms with Crippen molar-refractivity contribution >= 4 is 18.5 Å². The predicted octanol–water partition coefficient (Wildman–Crippen LogP) is 2.18. The van der Waals surface area contributed by atoms with E-state index in [1.54, 1.807) is 0 Å². The van der Waals surface area contributed by atoms with E-state index in [-0.39, 0.29) is 30.3 Å². The number of carbonyl (C=O) groups excluding carboxylic acids is 1. The molecule has 4 nitrogen and oxygen atoms in total. The lowest BCUT2D eigenvalue weighted by atomic mass is 9.78. The summed E-state index contributed by atoms with van der Waals surface area (Å²) < 4.78 is 12.0. The Bertz CT molecular complexity index is 509. The minimum Gasteiger partial charge on any atom is -0.399 e. The van der Waals surface area contributed by atoms with Gasteiger partial charge in [-0.1, -0.05) is 24.3 Å². The molecule has 2 rings (SSSR count). The summed E-state index contributed by atoms with van der Waals surface area (Å²) in [6.45, 7) is 11.7. The molecule has 0 unspecified atom stereocenters. The summed E-state index contributed by atoms with van der Waals surface area (Å²) in [6, 6.07) is 7.99. The van der Waals surface area contributed by atoms with E-state index in [1.807, 2.05) is 58.9 Å². The highest BCUT2D eigenvalue weighted by molar-refractivity contribution is 6.62. The Balaban J connectivity index is 2.12. The molecule has 0 saturated carbocycles. The van der Waals surface area contributed by atoms with Crippen molar-refractivity contribution < 1.29 is 14.1 Å². The standard InChI is InChI=1S/C16H24BNO3/c1-11(18-12(2)19)13-7-9-14(10-8-13)17-20-15(3,4)16(5,6)21-17/h7-11H,1-6H3,(H,18,19)/t11-/m0/s1. The predicted molar refractivity (Wildman–Crippen MR) is 84.4 cm³/mol. The van der Waals surface area contributed by atoms with Crippen molar-refractivity contribution in [3.05, 3.63) is 29.8 Å². The van der Waals surface area contributed by atoms with E-state index in [9.17, 15) is 4.79 Å². The average Bonchev–Trinajstić information content (AvgIpc) is 2.58. The maximum absolute atomic E-state index is 11.1. The summed E-state index contributed by atoms with van der Waals surface area (Å²) in [6.07, 6.45) is 0. The first kappa shape index (κ1) is 16.1. The molecular formula is C16H24BNO3. The van der Waals surface area contributed by atoms with Crippen molar-refractivity contribution in [3.8, 4) is 0 Å². The molecule has 1 fully saturated rings. The van der Waals surface area contributed by atoms with Crippen LogP contribution in [0.5, 0.6) is 0 Å². The van der Waals surface area contributed by atoms with Crippen LogP contribution in [0.3, 0.4) is 0 Å². The van der Waals surface area contributed by atoms with E-state index < -0.39 is 0 Å². The van der Waals surface area contributed by atoms with Gasteiger partial charge in [0.15, 0.2) is 0 Å². The lowest BCUT2D eigenvalue weighted by Gasteiger charge is -2.32. The van der Waals surface area contributed by atoms with Gasteiger partial charge < -0.3 is 14.6 Å². The van der Waals surface area contributed by atoms with Crippen LogP contribution in [0.1, 0.15) is 53.1 Å². The third-order valence-electron chi connectivity index (χ3n) is 4.38. The Morgan fingerprint density at radius 3 is 2.00 bits per heavy atom. The Kier molecular flexibility index (Phi) is 4.18. The highest BCUT2D eigenvalue weighted by Gasteiger charge is 2.51. The largest absolute Gasteiger partial charge is 0.494 e. The first-order valence-electron chi connectivity index (χ1n) is 7.35. The zero-order valence-electron chi connectivity index (χ0n) is 13.7. The second-order valence-corrected chi connectivity index (χ2v) is 6.68. The van der Waals surface area contributed by atoms with Crippen LogP contribution in [0.15, 0.2) is 24.3 Å². The fourth-order valence-electron chi connectivity index (χ4n) is 2.31. The molecule has 1 N–H and O–H groups in total. The minimum absolute atomic E-state index is 0.00477. The van der Waals surface area contributed by atoms with Crippen LogP contribution in [0.4, 0.5) is 0 Å². The van der Waals surface area contributed by atoms with Crippen LogP contribution < -0.4 is 10.8 Å². The Morgan fingerprint density at radius 1 is 1.10 bits per heavy atom. The van der Waals surface area contributed by atoms with Crippen molar-refractivity contribution in [2.24, 2.45) is 0 Å². The van der Waals surface area contributed by atoms with Gasteiger partial charge in [0.25, 0.3) is 0 Å². The van der Waals surface area contributed by atoms with Crippen LogP contribution in [-0.4, -0.2) is 24.2 Å². The summed E-state index contributed by atoms with van der Waals surface area (Å²) in [5.74, 6) is -0.0301. The van der Waals surface area contributed by atoms with Gasteiger partial charge in [0, 0.05) is 6.92 Å². The van der Waals surface area contributed by atoms with Gasteiger partial charge in [-0.25, -0.2) is 0 Å². The molecule has 0 radical (unpaired) electrons. The Morgan fingerprint density at radius 2 is 1.57 bits per heavy atom. The molecule has 1 aromatic rings. The second kappa shape index (κ2) is 5.46. The fourth-order valence-corrected chi connectivity index (χ4v) is 2.31. The van der Waals surface area contributed by atoms with Gasteiger partial charge in [-0.3, -0.25) is 4.79 Å². The van der Waals surface area contributed by atoms with Crippen molar-refractivity contribution in [2.45, 2.75) is 58.8 Å². The van der Waals surface area contributed by atoms with Gasteiger partial charge in [0.2, 0.25) is 5.91 Å². The third-order valence-corrected chi connectivity index (χ3v) is 4.38. The van der Waals surface area contributed by atoms with Crippen LogP contribution in [0.2, 0.25) is 0 Å². The average molecular weight is 289 g/mol. The zero-order valence-corrected chi connectivity index (χ0v) is 13.7. The Labute approximate surface area is 127 Å². The molecule has 1 aliphatic rings. The molecule has 0 aliphatic carbocycles. The molecule has 1 aliphatic heterocycles. The molecule has 0 bridgehead atoms. The van der Waals surface area contributed by atoms with Crippen molar-refractivity contribution in [1.82, 2.24) is 5.32 Å². The van der Waals surface area contributed by atoms with Crippen LogP contribution in [0.25, 0.3) is 0 Å². The van der Waals surface area contributed by atoms with Gasteiger partial charge in [-0.15, -0.1) is 0 Å². The number of hydrogen-bond donors (Lipinski definition) is 1. The van der Waals surface area contributed by atoms with Crippen molar-refractivity contribution in [1.29, 1.82) is 0 Å². The molecule has 1 amide bonds. The van der Waals surface area contributed by atoms with E-state index >= 15 is 0 Å². The van der Waals surface area contributed by atoms with Gasteiger partial charge >= 0.3 is 7.12 Å². The molecule has 5 heteroatoms. The molecule has 0 spiro atoms. The van der Waals surface area contributed by atoms with Crippen LogP contribution in [-0.2, 0) is 14.1 Å². The fraction of sp³-hybridized carbons (Fsp3) is 0.562. The Hall–Kier alpha value is -1.33. The van der Waals surface area contributed by atoms with Crippen molar-refractivity contribution in [3.63, 3.8) is 0 Å².